The molecule has 4 rings (SSSR count). The van der Waals surface area contributed by atoms with Crippen molar-refractivity contribution in [3.63, 3.8) is 0 Å². The van der Waals surface area contributed by atoms with Gasteiger partial charge in [0.2, 0.25) is 5.95 Å². The maximum Gasteiger partial charge on any atom is 0.324 e. The molecule has 1 aliphatic heterocycles. The van der Waals surface area contributed by atoms with E-state index in [4.69, 9.17) is 4.52 Å². The van der Waals surface area contributed by atoms with E-state index in [-0.39, 0.29) is 5.41 Å². The summed E-state index contributed by atoms with van der Waals surface area (Å²) in [6.45, 7) is 7.92. The van der Waals surface area contributed by atoms with E-state index in [2.05, 4.69) is 48.2 Å². The number of hydrogen-bond donors (Lipinski definition) is 4. The molecule has 176 valence electrons. The highest BCUT2D eigenvalue weighted by Crippen LogP contribution is 2.24. The largest absolute Gasteiger partial charge is 0.359 e. The summed E-state index contributed by atoms with van der Waals surface area (Å²) in [5.41, 5.74) is 1.89. The average Bonchev–Trinajstić information content (AvgIpc) is 3.49. The number of anilines is 3. The predicted octanol–water partition coefficient (Wildman–Crippen LogP) is 3.97. The molecule has 0 spiro atoms. The molecule has 0 bridgehead atoms. The number of carbonyl (C=O) groups excluding carboxylic acids is 1. The molecule has 1 unspecified atom stereocenters. The minimum Gasteiger partial charge on any atom is -0.359 e. The van der Waals surface area contributed by atoms with Crippen LogP contribution in [0.1, 0.15) is 50.5 Å². The molecule has 1 fully saturated rings. The number of benzene rings is 1. The van der Waals surface area contributed by atoms with E-state index in [1.807, 2.05) is 32.9 Å². The molecule has 1 aliphatic rings. The van der Waals surface area contributed by atoms with Gasteiger partial charge in [0.15, 0.2) is 5.82 Å². The number of hydrogen-bond acceptors (Lipinski definition) is 7. The van der Waals surface area contributed by atoms with Crippen LogP contribution in [-0.4, -0.2) is 40.3 Å². The number of aromatic nitrogens is 3. The van der Waals surface area contributed by atoms with Gasteiger partial charge in [-0.2, -0.15) is 0 Å². The second-order valence-corrected chi connectivity index (χ2v) is 9.21. The second-order valence-electron chi connectivity index (χ2n) is 9.21. The van der Waals surface area contributed by atoms with Gasteiger partial charge >= 0.3 is 6.03 Å². The summed E-state index contributed by atoms with van der Waals surface area (Å²) in [5.74, 6) is 7.78. The maximum absolute atomic E-state index is 12.3. The quantitative estimate of drug-likeness (QED) is 0.427. The first-order chi connectivity index (χ1) is 16.3. The summed E-state index contributed by atoms with van der Waals surface area (Å²) in [4.78, 5) is 21.0. The lowest BCUT2D eigenvalue weighted by Gasteiger charge is -2.12. The Balaban J connectivity index is 1.32. The third-order valence-electron chi connectivity index (χ3n) is 5.28. The fraction of sp³-hybridized carbons (Fsp3) is 0.360. The van der Waals surface area contributed by atoms with Gasteiger partial charge in [-0.25, -0.2) is 14.8 Å². The lowest BCUT2D eigenvalue weighted by atomic mass is 9.93. The first-order valence-electron chi connectivity index (χ1n) is 11.3. The first-order valence-corrected chi connectivity index (χ1v) is 11.3. The number of carbonyl (C=O) groups is 1. The average molecular weight is 460 g/mol. The van der Waals surface area contributed by atoms with Crippen molar-refractivity contribution in [3.8, 4) is 11.8 Å². The van der Waals surface area contributed by atoms with Crippen LogP contribution in [0.25, 0.3) is 0 Å². The zero-order chi connectivity index (χ0) is 24.0. The Kier molecular flexibility index (Phi) is 7.09. The highest BCUT2D eigenvalue weighted by molar-refractivity contribution is 5.99. The van der Waals surface area contributed by atoms with Gasteiger partial charge in [0.25, 0.3) is 0 Å². The van der Waals surface area contributed by atoms with Gasteiger partial charge in [-0.15, -0.1) is 0 Å². The van der Waals surface area contributed by atoms with Gasteiger partial charge in [0, 0.05) is 47.7 Å². The number of rotatable bonds is 5. The molecular weight excluding hydrogens is 430 g/mol. The Morgan fingerprint density at radius 2 is 1.94 bits per heavy atom. The molecule has 0 radical (unpaired) electrons. The van der Waals surface area contributed by atoms with Crippen molar-refractivity contribution in [3.05, 3.63) is 59.6 Å². The molecule has 1 saturated heterocycles. The second kappa shape index (κ2) is 10.4. The smallest absolute Gasteiger partial charge is 0.324 e. The standard InChI is InChI=1S/C25H29N7O2/c1-25(2,3)21-13-22(32-34-21)31-24(33)30-19-7-4-6-17(12-19)9-10-18-14-27-23(28-15-18)29-16-20-8-5-11-26-20/h4,6-7,12-15,20,26H,5,8,11,16H2,1-3H3,(H,27,28,29)(H2,30,31,32,33). The molecule has 2 aromatic heterocycles. The van der Waals surface area contributed by atoms with Gasteiger partial charge in [-0.05, 0) is 37.6 Å². The number of urea groups is 1. The fourth-order valence-electron chi connectivity index (χ4n) is 3.41. The Morgan fingerprint density at radius 1 is 1.15 bits per heavy atom. The van der Waals surface area contributed by atoms with Crippen LogP contribution in [0, 0.1) is 11.8 Å². The Bertz CT molecular complexity index is 1180. The number of amides is 2. The molecule has 1 atom stereocenters. The molecule has 0 aliphatic carbocycles. The molecule has 34 heavy (non-hydrogen) atoms. The lowest BCUT2D eigenvalue weighted by Crippen LogP contribution is -2.29. The zero-order valence-corrected chi connectivity index (χ0v) is 19.6. The Labute approximate surface area is 199 Å². The van der Waals surface area contributed by atoms with Crippen LogP contribution in [0.5, 0.6) is 0 Å². The molecule has 2 amide bonds. The monoisotopic (exact) mass is 459 g/mol. The summed E-state index contributed by atoms with van der Waals surface area (Å²) in [7, 11) is 0. The molecular formula is C25H29N7O2. The molecule has 3 aromatic rings. The first kappa shape index (κ1) is 23.3. The topological polar surface area (TPSA) is 117 Å². The van der Waals surface area contributed by atoms with Crippen molar-refractivity contribution in [2.45, 2.75) is 45.1 Å². The van der Waals surface area contributed by atoms with Crippen molar-refractivity contribution in [1.82, 2.24) is 20.4 Å². The molecule has 3 heterocycles. The summed E-state index contributed by atoms with van der Waals surface area (Å²) in [6.07, 6.45) is 5.78. The van der Waals surface area contributed by atoms with E-state index in [1.54, 1.807) is 30.6 Å². The third kappa shape index (κ3) is 6.56. The summed E-state index contributed by atoms with van der Waals surface area (Å²) >= 11 is 0. The minimum absolute atomic E-state index is 0.189. The van der Waals surface area contributed by atoms with Crippen LogP contribution >= 0.6 is 0 Å². The Hall–Kier alpha value is -3.90. The van der Waals surface area contributed by atoms with Crippen molar-refractivity contribution in [2.24, 2.45) is 0 Å². The molecule has 9 nitrogen and oxygen atoms in total. The maximum atomic E-state index is 12.3. The van der Waals surface area contributed by atoms with Crippen molar-refractivity contribution >= 4 is 23.5 Å². The van der Waals surface area contributed by atoms with Gasteiger partial charge in [0.05, 0.1) is 5.56 Å². The van der Waals surface area contributed by atoms with Crippen LogP contribution in [0.15, 0.2) is 47.2 Å². The van der Waals surface area contributed by atoms with Gasteiger partial charge in [-0.1, -0.05) is 43.8 Å². The highest BCUT2D eigenvalue weighted by Gasteiger charge is 2.20. The molecule has 0 saturated carbocycles. The van der Waals surface area contributed by atoms with Crippen molar-refractivity contribution < 1.29 is 9.32 Å². The number of nitrogens with one attached hydrogen (secondary N) is 4. The van der Waals surface area contributed by atoms with E-state index in [1.165, 1.54) is 12.8 Å². The molecule has 1 aromatic carbocycles. The zero-order valence-electron chi connectivity index (χ0n) is 19.6. The molecule has 9 heteroatoms. The third-order valence-corrected chi connectivity index (χ3v) is 5.28. The van der Waals surface area contributed by atoms with Crippen LogP contribution in [0.2, 0.25) is 0 Å². The summed E-state index contributed by atoms with van der Waals surface area (Å²) in [6, 6.07) is 9.06. The SMILES string of the molecule is CC(C)(C)c1cc(NC(=O)Nc2cccc(C#Cc3cnc(NCC4CCCN4)nc3)c2)no1. The van der Waals surface area contributed by atoms with Crippen LogP contribution in [-0.2, 0) is 5.41 Å². The Morgan fingerprint density at radius 3 is 2.65 bits per heavy atom. The summed E-state index contributed by atoms with van der Waals surface area (Å²) < 4.78 is 5.29. The van der Waals surface area contributed by atoms with E-state index in [0.717, 1.165) is 18.7 Å². The van der Waals surface area contributed by atoms with Crippen molar-refractivity contribution in [1.29, 1.82) is 0 Å². The van der Waals surface area contributed by atoms with E-state index in [9.17, 15) is 4.79 Å². The molecule has 4 N–H and O–H groups in total. The highest BCUT2D eigenvalue weighted by atomic mass is 16.5. The predicted molar refractivity (Wildman–Crippen MR) is 132 cm³/mol. The van der Waals surface area contributed by atoms with Crippen LogP contribution in [0.3, 0.4) is 0 Å². The van der Waals surface area contributed by atoms with Crippen molar-refractivity contribution in [2.75, 3.05) is 29.0 Å². The summed E-state index contributed by atoms with van der Waals surface area (Å²) in [5, 5.41) is 16.0. The van der Waals surface area contributed by atoms with E-state index in [0.29, 0.717) is 34.8 Å². The normalized spacial score (nSPS) is 15.3. The van der Waals surface area contributed by atoms with Gasteiger partial charge in [0.1, 0.15) is 5.76 Å². The fourth-order valence-corrected chi connectivity index (χ4v) is 3.41. The van der Waals surface area contributed by atoms with Gasteiger partial charge in [-0.3, -0.25) is 5.32 Å². The lowest BCUT2D eigenvalue weighted by molar-refractivity contribution is 0.262. The van der Waals surface area contributed by atoms with E-state index >= 15 is 0 Å². The van der Waals surface area contributed by atoms with Crippen LogP contribution < -0.4 is 21.3 Å². The van der Waals surface area contributed by atoms with E-state index < -0.39 is 6.03 Å². The minimum atomic E-state index is -0.414. The van der Waals surface area contributed by atoms with Crippen LogP contribution in [0.4, 0.5) is 22.2 Å². The van der Waals surface area contributed by atoms with Gasteiger partial charge < -0.3 is 20.5 Å². The number of nitrogens with zero attached hydrogens (tertiary/aromatic N) is 3.